The van der Waals surface area contributed by atoms with Crippen LogP contribution >= 0.6 is 11.6 Å². The summed E-state index contributed by atoms with van der Waals surface area (Å²) in [4.78, 5) is 11.2. The molecule has 1 atom stereocenters. The summed E-state index contributed by atoms with van der Waals surface area (Å²) >= 11 is 6.28. The van der Waals surface area contributed by atoms with Crippen molar-refractivity contribution in [3.8, 4) is 17.2 Å². The first-order valence-corrected chi connectivity index (χ1v) is 7.35. The van der Waals surface area contributed by atoms with E-state index in [0.717, 1.165) is 18.4 Å². The van der Waals surface area contributed by atoms with Gasteiger partial charge in [0.05, 0.1) is 26.4 Å². The van der Waals surface area contributed by atoms with E-state index in [1.165, 1.54) is 7.11 Å². The van der Waals surface area contributed by atoms with Gasteiger partial charge in [0.1, 0.15) is 5.78 Å². The third kappa shape index (κ3) is 4.03. The van der Waals surface area contributed by atoms with Crippen LogP contribution in [0.1, 0.15) is 44.6 Å². The number of carbonyl (C=O) groups excluding carboxylic acids is 1. The highest BCUT2D eigenvalue weighted by Gasteiger charge is 2.24. The largest absolute Gasteiger partial charge is 0.492 e. The summed E-state index contributed by atoms with van der Waals surface area (Å²) in [5.74, 6) is 1.93. The minimum Gasteiger partial charge on any atom is -0.492 e. The van der Waals surface area contributed by atoms with Crippen molar-refractivity contribution in [2.45, 2.75) is 39.0 Å². The fourth-order valence-corrected chi connectivity index (χ4v) is 2.74. The zero-order valence-electron chi connectivity index (χ0n) is 13.3. The molecule has 0 radical (unpaired) electrons. The Kier molecular flexibility index (Phi) is 6.82. The standard InChI is InChI=1S/C16H23ClO4/c1-6-11(8-7-10(2)18)12-9-13(17)15(20-4)16(21-5)14(12)19-3/h9,11H,6-8H2,1-5H3. The van der Waals surface area contributed by atoms with E-state index < -0.39 is 0 Å². The monoisotopic (exact) mass is 314 g/mol. The number of rotatable bonds is 8. The summed E-state index contributed by atoms with van der Waals surface area (Å²) in [6, 6.07) is 1.84. The van der Waals surface area contributed by atoms with Crippen molar-refractivity contribution in [1.29, 1.82) is 0 Å². The average Bonchev–Trinajstić information content (AvgIpc) is 2.46. The highest BCUT2D eigenvalue weighted by atomic mass is 35.5. The molecule has 0 heterocycles. The molecular weight excluding hydrogens is 292 g/mol. The van der Waals surface area contributed by atoms with Crippen molar-refractivity contribution in [3.63, 3.8) is 0 Å². The predicted molar refractivity (Wildman–Crippen MR) is 84.1 cm³/mol. The van der Waals surface area contributed by atoms with Crippen LogP contribution in [0.3, 0.4) is 0 Å². The number of carbonyl (C=O) groups is 1. The molecule has 0 bridgehead atoms. The molecule has 0 spiro atoms. The fraction of sp³-hybridized carbons (Fsp3) is 0.562. The second-order valence-corrected chi connectivity index (χ2v) is 5.30. The van der Waals surface area contributed by atoms with Gasteiger partial charge in [-0.1, -0.05) is 18.5 Å². The molecule has 0 aliphatic carbocycles. The first-order chi connectivity index (χ1) is 9.99. The lowest BCUT2D eigenvalue weighted by atomic mass is 9.90. The van der Waals surface area contributed by atoms with Crippen LogP contribution in [-0.4, -0.2) is 27.1 Å². The van der Waals surface area contributed by atoms with Gasteiger partial charge in [-0.15, -0.1) is 0 Å². The number of ether oxygens (including phenoxy) is 3. The van der Waals surface area contributed by atoms with Gasteiger partial charge in [0.15, 0.2) is 11.5 Å². The van der Waals surface area contributed by atoms with Gasteiger partial charge in [0.25, 0.3) is 0 Å². The Morgan fingerprint density at radius 3 is 2.14 bits per heavy atom. The van der Waals surface area contributed by atoms with Crippen LogP contribution in [0, 0.1) is 0 Å². The molecule has 1 aromatic carbocycles. The summed E-state index contributed by atoms with van der Waals surface area (Å²) in [6.45, 7) is 3.68. The van der Waals surface area contributed by atoms with Crippen molar-refractivity contribution >= 4 is 17.4 Å². The minimum absolute atomic E-state index is 0.180. The van der Waals surface area contributed by atoms with Crippen LogP contribution in [0.15, 0.2) is 6.07 Å². The highest BCUT2D eigenvalue weighted by molar-refractivity contribution is 6.32. The van der Waals surface area contributed by atoms with E-state index in [1.807, 2.05) is 6.07 Å². The molecule has 5 heteroatoms. The molecule has 0 aliphatic heterocycles. The molecule has 0 fully saturated rings. The SMILES string of the molecule is CCC(CCC(C)=O)c1cc(Cl)c(OC)c(OC)c1OC. The lowest BCUT2D eigenvalue weighted by Gasteiger charge is -2.22. The van der Waals surface area contributed by atoms with E-state index in [2.05, 4.69) is 6.92 Å². The average molecular weight is 315 g/mol. The Labute approximate surface area is 131 Å². The Bertz CT molecular complexity index is 500. The maximum Gasteiger partial charge on any atom is 0.205 e. The normalized spacial score (nSPS) is 11.9. The van der Waals surface area contributed by atoms with E-state index >= 15 is 0 Å². The molecular formula is C16H23ClO4. The van der Waals surface area contributed by atoms with E-state index in [9.17, 15) is 4.79 Å². The molecule has 0 saturated carbocycles. The van der Waals surface area contributed by atoms with Crippen LogP contribution in [0.5, 0.6) is 17.2 Å². The number of benzene rings is 1. The number of Topliss-reactive ketones (excluding diaryl/α,β-unsaturated/α-hetero) is 1. The third-order valence-electron chi connectivity index (χ3n) is 3.56. The molecule has 4 nitrogen and oxygen atoms in total. The first kappa shape index (κ1) is 17.6. The Hall–Kier alpha value is -1.42. The summed E-state index contributed by atoms with van der Waals surface area (Å²) in [5.41, 5.74) is 0.948. The molecule has 0 aliphatic rings. The van der Waals surface area contributed by atoms with Crippen LogP contribution in [-0.2, 0) is 4.79 Å². The molecule has 21 heavy (non-hydrogen) atoms. The smallest absolute Gasteiger partial charge is 0.205 e. The van der Waals surface area contributed by atoms with Gasteiger partial charge in [-0.05, 0) is 31.7 Å². The van der Waals surface area contributed by atoms with Crippen LogP contribution in [0.2, 0.25) is 5.02 Å². The van der Waals surface area contributed by atoms with Crippen LogP contribution in [0.25, 0.3) is 0 Å². The molecule has 0 N–H and O–H groups in total. The van der Waals surface area contributed by atoms with Gasteiger partial charge in [0, 0.05) is 12.0 Å². The molecule has 0 aromatic heterocycles. The van der Waals surface area contributed by atoms with Crippen molar-refractivity contribution in [2.24, 2.45) is 0 Å². The first-order valence-electron chi connectivity index (χ1n) is 6.97. The molecule has 1 rings (SSSR count). The minimum atomic E-state index is 0.180. The molecule has 1 aromatic rings. The third-order valence-corrected chi connectivity index (χ3v) is 3.84. The maximum absolute atomic E-state index is 11.2. The summed E-state index contributed by atoms with van der Waals surface area (Å²) in [6.07, 6.45) is 2.18. The van der Waals surface area contributed by atoms with Gasteiger partial charge in [-0.2, -0.15) is 0 Å². The second kappa shape index (κ2) is 8.13. The van der Waals surface area contributed by atoms with Crippen LogP contribution in [0.4, 0.5) is 0 Å². The van der Waals surface area contributed by atoms with Gasteiger partial charge in [-0.25, -0.2) is 0 Å². The Balaban J connectivity index is 3.32. The maximum atomic E-state index is 11.2. The van der Waals surface area contributed by atoms with Gasteiger partial charge < -0.3 is 19.0 Å². The quantitative estimate of drug-likeness (QED) is 0.720. The zero-order chi connectivity index (χ0) is 16.0. The number of halogens is 1. The lowest BCUT2D eigenvalue weighted by Crippen LogP contribution is -2.06. The van der Waals surface area contributed by atoms with Gasteiger partial charge >= 0.3 is 0 Å². The van der Waals surface area contributed by atoms with Gasteiger partial charge in [0.2, 0.25) is 5.75 Å². The topological polar surface area (TPSA) is 44.8 Å². The van der Waals surface area contributed by atoms with Gasteiger partial charge in [-0.3, -0.25) is 0 Å². The molecule has 0 amide bonds. The molecule has 118 valence electrons. The molecule has 0 saturated heterocycles. The van der Waals surface area contributed by atoms with Crippen molar-refractivity contribution in [1.82, 2.24) is 0 Å². The second-order valence-electron chi connectivity index (χ2n) is 4.89. The summed E-state index contributed by atoms with van der Waals surface area (Å²) < 4.78 is 16.2. The Morgan fingerprint density at radius 1 is 1.14 bits per heavy atom. The van der Waals surface area contributed by atoms with Crippen molar-refractivity contribution in [3.05, 3.63) is 16.7 Å². The fourth-order valence-electron chi connectivity index (χ4n) is 2.46. The summed E-state index contributed by atoms with van der Waals surface area (Å²) in [5, 5.41) is 0.478. The van der Waals surface area contributed by atoms with E-state index in [1.54, 1.807) is 21.1 Å². The molecule has 1 unspecified atom stereocenters. The summed E-state index contributed by atoms with van der Waals surface area (Å²) in [7, 11) is 4.68. The number of hydrogen-bond acceptors (Lipinski definition) is 4. The van der Waals surface area contributed by atoms with E-state index in [0.29, 0.717) is 28.7 Å². The Morgan fingerprint density at radius 2 is 1.71 bits per heavy atom. The van der Waals surface area contributed by atoms with Crippen molar-refractivity contribution in [2.75, 3.05) is 21.3 Å². The number of hydrogen-bond donors (Lipinski definition) is 0. The number of methoxy groups -OCH3 is 3. The van der Waals surface area contributed by atoms with E-state index in [-0.39, 0.29) is 11.7 Å². The van der Waals surface area contributed by atoms with Crippen LogP contribution < -0.4 is 14.2 Å². The lowest BCUT2D eigenvalue weighted by molar-refractivity contribution is -0.117. The van der Waals surface area contributed by atoms with Crippen molar-refractivity contribution < 1.29 is 19.0 Å². The highest BCUT2D eigenvalue weighted by Crippen LogP contribution is 2.48. The number of ketones is 1. The zero-order valence-corrected chi connectivity index (χ0v) is 14.0. The van der Waals surface area contributed by atoms with E-state index in [4.69, 9.17) is 25.8 Å². The predicted octanol–water partition coefficient (Wildman–Crippen LogP) is 4.23.